The fourth-order valence-corrected chi connectivity index (χ4v) is 2.52. The molecule has 2 rings (SSSR count). The van der Waals surface area contributed by atoms with E-state index in [1.165, 1.54) is 13.3 Å². The van der Waals surface area contributed by atoms with Gasteiger partial charge in [-0.05, 0) is 50.1 Å². The van der Waals surface area contributed by atoms with E-state index in [2.05, 4.69) is 42.4 Å². The molecule has 0 radical (unpaired) electrons. The van der Waals surface area contributed by atoms with E-state index in [0.29, 0.717) is 25.8 Å². The number of amides is 1. The summed E-state index contributed by atoms with van der Waals surface area (Å²) in [6.07, 6.45) is 1.34. The normalized spacial score (nSPS) is 10.7. The Bertz CT molecular complexity index is 718. The third-order valence-corrected chi connectivity index (χ3v) is 4.82. The van der Waals surface area contributed by atoms with Crippen LogP contribution in [0.4, 0.5) is 0 Å². The quantitative estimate of drug-likeness (QED) is 0.577. The number of phenolic OH excluding ortho intramolecular Hbond substituents is 1. The fourth-order valence-electron chi connectivity index (χ4n) is 1.70. The molecule has 0 saturated carbocycles. The Balaban J connectivity index is 2.20. The highest BCUT2D eigenvalue weighted by atomic mass is 79.9. The van der Waals surface area contributed by atoms with Crippen molar-refractivity contribution >= 4 is 44.0 Å². The van der Waals surface area contributed by atoms with Crippen LogP contribution in [-0.2, 0) is 0 Å². The number of nitrogens with one attached hydrogen (secondary N) is 1. The zero-order valence-corrected chi connectivity index (χ0v) is 14.7. The largest absolute Gasteiger partial charge is 0.504 e. The standard InChI is InChI=1S/C15H12Br2N2O3/c1-22-12-7-11(16)13(17)10(14(12)20)8-18-19-15(21)9-5-3-2-4-6-9/h2-8,20H,1H3,(H,19,21). The number of carbonyl (C=O) groups is 1. The Morgan fingerprint density at radius 1 is 1.32 bits per heavy atom. The Hall–Kier alpha value is -1.86. The van der Waals surface area contributed by atoms with Crippen molar-refractivity contribution in [3.8, 4) is 11.5 Å². The molecule has 2 aromatic carbocycles. The van der Waals surface area contributed by atoms with E-state index in [4.69, 9.17) is 4.74 Å². The number of phenols is 1. The molecule has 0 heterocycles. The summed E-state index contributed by atoms with van der Waals surface area (Å²) >= 11 is 6.68. The first-order valence-electron chi connectivity index (χ1n) is 6.18. The molecule has 5 nitrogen and oxygen atoms in total. The molecule has 114 valence electrons. The monoisotopic (exact) mass is 426 g/mol. The number of aromatic hydroxyl groups is 1. The van der Waals surface area contributed by atoms with Gasteiger partial charge < -0.3 is 9.84 Å². The molecule has 0 unspecified atom stereocenters. The minimum Gasteiger partial charge on any atom is -0.504 e. The van der Waals surface area contributed by atoms with Crippen LogP contribution in [0.25, 0.3) is 0 Å². The Morgan fingerprint density at radius 3 is 2.64 bits per heavy atom. The summed E-state index contributed by atoms with van der Waals surface area (Å²) in [5.41, 5.74) is 3.28. The molecule has 0 aliphatic carbocycles. The molecule has 0 bridgehead atoms. The van der Waals surface area contributed by atoms with Crippen molar-refractivity contribution in [1.82, 2.24) is 5.43 Å². The molecule has 0 aliphatic rings. The van der Waals surface area contributed by atoms with Gasteiger partial charge in [-0.15, -0.1) is 0 Å². The third-order valence-electron chi connectivity index (χ3n) is 2.81. The highest BCUT2D eigenvalue weighted by molar-refractivity contribution is 9.13. The van der Waals surface area contributed by atoms with Crippen LogP contribution >= 0.6 is 31.9 Å². The van der Waals surface area contributed by atoms with Gasteiger partial charge in [0.2, 0.25) is 0 Å². The van der Waals surface area contributed by atoms with Gasteiger partial charge in [-0.25, -0.2) is 5.43 Å². The van der Waals surface area contributed by atoms with E-state index in [-0.39, 0.29) is 11.7 Å². The molecule has 7 heteroatoms. The van der Waals surface area contributed by atoms with E-state index in [1.54, 1.807) is 30.3 Å². The van der Waals surface area contributed by atoms with Gasteiger partial charge in [0.15, 0.2) is 11.5 Å². The van der Waals surface area contributed by atoms with Crippen molar-refractivity contribution in [2.45, 2.75) is 0 Å². The number of nitrogens with zero attached hydrogens (tertiary/aromatic N) is 1. The van der Waals surface area contributed by atoms with E-state index in [1.807, 2.05) is 6.07 Å². The molecule has 2 N–H and O–H groups in total. The van der Waals surface area contributed by atoms with Crippen LogP contribution in [0.2, 0.25) is 0 Å². The number of methoxy groups -OCH3 is 1. The summed E-state index contributed by atoms with van der Waals surface area (Å²) in [4.78, 5) is 11.9. The van der Waals surface area contributed by atoms with Crippen LogP contribution < -0.4 is 10.2 Å². The first-order chi connectivity index (χ1) is 10.5. The minimum absolute atomic E-state index is 0.0738. The predicted octanol–water partition coefficient (Wildman–Crippen LogP) is 3.69. The van der Waals surface area contributed by atoms with Crippen LogP contribution in [0.3, 0.4) is 0 Å². The van der Waals surface area contributed by atoms with E-state index in [0.717, 1.165) is 0 Å². The maximum absolute atomic E-state index is 11.9. The molecular weight excluding hydrogens is 416 g/mol. The van der Waals surface area contributed by atoms with Crippen LogP contribution in [-0.4, -0.2) is 24.3 Å². The number of hydrogen-bond donors (Lipinski definition) is 2. The van der Waals surface area contributed by atoms with Crippen molar-refractivity contribution in [3.63, 3.8) is 0 Å². The average molecular weight is 428 g/mol. The lowest BCUT2D eigenvalue weighted by Gasteiger charge is -2.09. The molecule has 0 atom stereocenters. The van der Waals surface area contributed by atoms with Crippen molar-refractivity contribution in [3.05, 3.63) is 56.5 Å². The van der Waals surface area contributed by atoms with Crippen molar-refractivity contribution in [2.24, 2.45) is 5.10 Å². The fraction of sp³-hybridized carbons (Fsp3) is 0.0667. The summed E-state index contributed by atoms with van der Waals surface area (Å²) in [5.74, 6) is -0.115. The van der Waals surface area contributed by atoms with Crippen LogP contribution in [0, 0.1) is 0 Å². The number of rotatable bonds is 4. The Kier molecular flexibility index (Phi) is 5.57. The number of hydrogen-bond acceptors (Lipinski definition) is 4. The molecule has 22 heavy (non-hydrogen) atoms. The highest BCUT2D eigenvalue weighted by Gasteiger charge is 2.14. The zero-order valence-electron chi connectivity index (χ0n) is 11.5. The summed E-state index contributed by atoms with van der Waals surface area (Å²) in [6, 6.07) is 10.3. The van der Waals surface area contributed by atoms with Gasteiger partial charge >= 0.3 is 0 Å². The lowest BCUT2D eigenvalue weighted by molar-refractivity contribution is 0.0955. The Labute approximate surface area is 144 Å². The number of ether oxygens (including phenoxy) is 1. The molecule has 0 spiro atoms. The van der Waals surface area contributed by atoms with Crippen LogP contribution in [0.5, 0.6) is 11.5 Å². The van der Waals surface area contributed by atoms with Gasteiger partial charge in [-0.2, -0.15) is 5.10 Å². The molecule has 0 aliphatic heterocycles. The maximum Gasteiger partial charge on any atom is 0.271 e. The number of hydrazone groups is 1. The van der Waals surface area contributed by atoms with Crippen molar-refractivity contribution < 1.29 is 14.6 Å². The van der Waals surface area contributed by atoms with Crippen molar-refractivity contribution in [1.29, 1.82) is 0 Å². The summed E-state index contributed by atoms with van der Waals surface area (Å²) < 4.78 is 6.36. The molecule has 0 aromatic heterocycles. The summed E-state index contributed by atoms with van der Waals surface area (Å²) in [6.45, 7) is 0. The maximum atomic E-state index is 11.9. The lowest BCUT2D eigenvalue weighted by Crippen LogP contribution is -2.17. The van der Waals surface area contributed by atoms with E-state index in [9.17, 15) is 9.90 Å². The van der Waals surface area contributed by atoms with Gasteiger partial charge in [0.25, 0.3) is 5.91 Å². The second-order valence-corrected chi connectivity index (χ2v) is 5.85. The van der Waals surface area contributed by atoms with Gasteiger partial charge in [-0.3, -0.25) is 4.79 Å². The number of benzene rings is 2. The lowest BCUT2D eigenvalue weighted by atomic mass is 10.2. The molecular formula is C15H12Br2N2O3. The zero-order chi connectivity index (χ0) is 16.1. The molecule has 0 fully saturated rings. The molecule has 2 aromatic rings. The first-order valence-corrected chi connectivity index (χ1v) is 7.76. The topological polar surface area (TPSA) is 70.9 Å². The Morgan fingerprint density at radius 2 is 2.00 bits per heavy atom. The average Bonchev–Trinajstić information content (AvgIpc) is 2.54. The van der Waals surface area contributed by atoms with Gasteiger partial charge in [0, 0.05) is 14.5 Å². The second kappa shape index (κ2) is 7.42. The highest BCUT2D eigenvalue weighted by Crippen LogP contribution is 2.39. The van der Waals surface area contributed by atoms with Crippen LogP contribution in [0.1, 0.15) is 15.9 Å². The van der Waals surface area contributed by atoms with Gasteiger partial charge in [-0.1, -0.05) is 18.2 Å². The molecule has 0 saturated heterocycles. The number of halogens is 2. The van der Waals surface area contributed by atoms with E-state index < -0.39 is 0 Å². The SMILES string of the molecule is COc1cc(Br)c(Br)c(C=NNC(=O)c2ccccc2)c1O. The first kappa shape index (κ1) is 16.5. The van der Waals surface area contributed by atoms with Gasteiger partial charge in [0.05, 0.1) is 18.9 Å². The van der Waals surface area contributed by atoms with Crippen LogP contribution in [0.15, 0.2) is 50.4 Å². The minimum atomic E-state index is -0.338. The number of carbonyl (C=O) groups excluding carboxylic acids is 1. The smallest absolute Gasteiger partial charge is 0.271 e. The third kappa shape index (κ3) is 3.66. The van der Waals surface area contributed by atoms with E-state index >= 15 is 0 Å². The molecule has 1 amide bonds. The summed E-state index contributed by atoms with van der Waals surface area (Å²) in [7, 11) is 1.45. The van der Waals surface area contributed by atoms with Gasteiger partial charge in [0.1, 0.15) is 0 Å². The second-order valence-electron chi connectivity index (χ2n) is 4.20. The predicted molar refractivity (Wildman–Crippen MR) is 91.6 cm³/mol. The summed E-state index contributed by atoms with van der Waals surface area (Å²) in [5, 5.41) is 14.0. The van der Waals surface area contributed by atoms with Crippen molar-refractivity contribution in [2.75, 3.05) is 7.11 Å².